The van der Waals surface area contributed by atoms with E-state index in [1.807, 2.05) is 0 Å². The molecule has 1 aromatic carbocycles. The lowest BCUT2D eigenvalue weighted by molar-refractivity contribution is 0.0999. The molecule has 86 valence electrons. The molecule has 1 aromatic rings. The van der Waals surface area contributed by atoms with Gasteiger partial charge < -0.3 is 15.2 Å². The summed E-state index contributed by atoms with van der Waals surface area (Å²) >= 11 is 3.23. The Morgan fingerprint density at radius 2 is 2.25 bits per heavy atom. The van der Waals surface area contributed by atoms with Crippen molar-refractivity contribution < 1.29 is 18.4 Å². The molecule has 0 aromatic heterocycles. The van der Waals surface area contributed by atoms with Crippen molar-refractivity contribution in [3.63, 3.8) is 0 Å². The van der Waals surface area contributed by atoms with Gasteiger partial charge in [-0.15, -0.1) is 0 Å². The number of hydrogen-bond acceptors (Lipinski definition) is 3. The Morgan fingerprint density at radius 3 is 3.00 bits per heavy atom. The van der Waals surface area contributed by atoms with Crippen LogP contribution in [0.5, 0.6) is 11.5 Å². The molecule has 4 nitrogen and oxygen atoms in total. The van der Waals surface area contributed by atoms with Gasteiger partial charge in [-0.2, -0.15) is 0 Å². The SMILES string of the molecule is [2H]C1COc2c(Br)cc(C(N)=O)cc2OC([2H])C1[2H]. The molecule has 0 fully saturated rings. The number of fused-ring (bicyclic) bond motifs is 1. The van der Waals surface area contributed by atoms with E-state index in [1.54, 1.807) is 0 Å². The Labute approximate surface area is 106 Å². The molecule has 0 bridgehead atoms. The van der Waals surface area contributed by atoms with Crippen LogP contribution in [0.3, 0.4) is 0 Å². The molecule has 0 saturated carbocycles. The van der Waals surface area contributed by atoms with Crippen molar-refractivity contribution in [2.24, 2.45) is 5.73 Å². The van der Waals surface area contributed by atoms with E-state index in [-0.39, 0.29) is 17.9 Å². The van der Waals surface area contributed by atoms with Crippen LogP contribution in [0, 0.1) is 0 Å². The number of primary amides is 1. The molecule has 0 spiro atoms. The lowest BCUT2D eigenvalue weighted by Crippen LogP contribution is -2.13. The number of hydrogen-bond donors (Lipinski definition) is 1. The Balaban J connectivity index is 2.45. The number of rotatable bonds is 1. The maximum atomic E-state index is 11.2. The van der Waals surface area contributed by atoms with Crippen LogP contribution in [0.2, 0.25) is 0 Å². The molecular weight excluding hydrogens is 274 g/mol. The van der Waals surface area contributed by atoms with Crippen LogP contribution in [0.4, 0.5) is 0 Å². The molecule has 0 saturated heterocycles. The van der Waals surface area contributed by atoms with E-state index in [4.69, 9.17) is 19.3 Å². The van der Waals surface area contributed by atoms with Gasteiger partial charge in [0.15, 0.2) is 11.5 Å². The van der Waals surface area contributed by atoms with E-state index in [1.165, 1.54) is 12.1 Å². The normalized spacial score (nSPS) is 31.6. The first-order valence-corrected chi connectivity index (χ1v) is 5.39. The smallest absolute Gasteiger partial charge is 0.248 e. The summed E-state index contributed by atoms with van der Waals surface area (Å²) in [7, 11) is 0. The summed E-state index contributed by atoms with van der Waals surface area (Å²) in [6.07, 6.45) is -1.93. The highest BCUT2D eigenvalue weighted by Gasteiger charge is 2.16. The van der Waals surface area contributed by atoms with E-state index in [2.05, 4.69) is 15.9 Å². The highest BCUT2D eigenvalue weighted by molar-refractivity contribution is 9.10. The predicted octanol–water partition coefficient (Wildman–Crippen LogP) is 2.10. The molecule has 2 N–H and O–H groups in total. The Bertz CT molecular complexity index is 514. The summed E-state index contributed by atoms with van der Waals surface area (Å²) in [5, 5.41) is 0. The largest absolute Gasteiger partial charge is 0.490 e. The highest BCUT2D eigenvalue weighted by atomic mass is 79.9. The van der Waals surface area contributed by atoms with Crippen molar-refractivity contribution in [3.8, 4) is 11.5 Å². The molecule has 16 heavy (non-hydrogen) atoms. The lowest BCUT2D eigenvalue weighted by atomic mass is 10.2. The standard InChI is InChI=1S/C11H12BrNO3/c12-8-5-7(11(13)14)6-9-10(8)16-4-2-1-3-15-9/h5-6H,1-4H2,(H2,13,14)/i1D,2D,3D. The van der Waals surface area contributed by atoms with Gasteiger partial charge in [-0.3, -0.25) is 4.79 Å². The molecule has 0 radical (unpaired) electrons. The first-order chi connectivity index (χ1) is 8.90. The fraction of sp³-hybridized carbons (Fsp3) is 0.364. The fourth-order valence-electron chi connectivity index (χ4n) is 1.29. The van der Waals surface area contributed by atoms with Crippen molar-refractivity contribution >= 4 is 21.8 Å². The first kappa shape index (κ1) is 7.95. The summed E-state index contributed by atoms with van der Waals surface area (Å²) in [5.74, 6) is -0.143. The molecule has 1 heterocycles. The monoisotopic (exact) mass is 288 g/mol. The number of carbonyl (C=O) groups is 1. The third-order valence-electron chi connectivity index (χ3n) is 2.03. The van der Waals surface area contributed by atoms with Crippen LogP contribution in [0.25, 0.3) is 0 Å². The number of nitrogens with two attached hydrogens (primary N) is 1. The first-order valence-electron chi connectivity index (χ1n) is 6.33. The number of carbonyl (C=O) groups excluding carboxylic acids is 1. The van der Waals surface area contributed by atoms with Gasteiger partial charge in [0.2, 0.25) is 5.91 Å². The molecule has 5 heteroatoms. The number of amides is 1. The molecule has 3 unspecified atom stereocenters. The second-order valence-electron chi connectivity index (χ2n) is 3.14. The molecule has 0 aliphatic carbocycles. The second kappa shape index (κ2) is 4.74. The molecule has 3 atom stereocenters. The van der Waals surface area contributed by atoms with Gasteiger partial charge >= 0.3 is 0 Å². The van der Waals surface area contributed by atoms with Crippen molar-refractivity contribution in [1.82, 2.24) is 0 Å². The van der Waals surface area contributed by atoms with E-state index in [0.29, 0.717) is 10.2 Å². The minimum atomic E-state index is -1.22. The van der Waals surface area contributed by atoms with Crippen LogP contribution in [0.1, 0.15) is 27.3 Å². The third kappa shape index (κ3) is 2.29. The quantitative estimate of drug-likeness (QED) is 0.861. The number of benzene rings is 1. The van der Waals surface area contributed by atoms with Crippen LogP contribution in [-0.4, -0.2) is 19.1 Å². The summed E-state index contributed by atoms with van der Waals surface area (Å²) in [6, 6.07) is 2.86. The molecule has 1 amide bonds. The van der Waals surface area contributed by atoms with Gasteiger partial charge in [0.1, 0.15) is 0 Å². The van der Waals surface area contributed by atoms with E-state index in [9.17, 15) is 4.79 Å². The molecule has 1 aliphatic rings. The topological polar surface area (TPSA) is 61.5 Å². The maximum absolute atomic E-state index is 11.2. The minimum absolute atomic E-state index is 0.0194. The zero-order chi connectivity index (χ0) is 14.2. The van der Waals surface area contributed by atoms with Gasteiger partial charge in [0, 0.05) is 8.30 Å². The Kier molecular flexibility index (Phi) is 2.35. The average Bonchev–Trinajstić information content (AvgIpc) is 2.34. The molecule has 2 rings (SSSR count). The van der Waals surface area contributed by atoms with Gasteiger partial charge in [-0.25, -0.2) is 0 Å². The lowest BCUT2D eigenvalue weighted by Gasteiger charge is -2.18. The van der Waals surface area contributed by atoms with E-state index in [0.717, 1.165) is 0 Å². The van der Waals surface area contributed by atoms with Gasteiger partial charge in [-0.05, 0) is 40.9 Å². The van der Waals surface area contributed by atoms with Crippen LogP contribution < -0.4 is 15.2 Å². The minimum Gasteiger partial charge on any atom is -0.490 e. The zero-order valence-electron chi connectivity index (χ0n) is 11.3. The van der Waals surface area contributed by atoms with Crippen LogP contribution in [0.15, 0.2) is 16.6 Å². The van der Waals surface area contributed by atoms with Gasteiger partial charge in [0.25, 0.3) is 0 Å². The summed E-state index contributed by atoms with van der Waals surface area (Å²) in [6.45, 7) is -1.24. The van der Waals surface area contributed by atoms with Crippen molar-refractivity contribution in [1.29, 1.82) is 0 Å². The van der Waals surface area contributed by atoms with Crippen molar-refractivity contribution in [2.75, 3.05) is 13.2 Å². The van der Waals surface area contributed by atoms with Gasteiger partial charge in [0.05, 0.1) is 19.0 Å². The predicted molar refractivity (Wildman–Crippen MR) is 62.9 cm³/mol. The van der Waals surface area contributed by atoms with Crippen molar-refractivity contribution in [2.45, 2.75) is 12.8 Å². The zero-order valence-corrected chi connectivity index (χ0v) is 9.86. The average molecular weight is 289 g/mol. The number of ether oxygens (including phenoxy) is 2. The van der Waals surface area contributed by atoms with E-state index < -0.39 is 25.3 Å². The third-order valence-corrected chi connectivity index (χ3v) is 2.62. The maximum Gasteiger partial charge on any atom is 0.248 e. The molecule has 1 aliphatic heterocycles. The highest BCUT2D eigenvalue weighted by Crippen LogP contribution is 2.37. The van der Waals surface area contributed by atoms with Crippen LogP contribution in [-0.2, 0) is 0 Å². The summed E-state index contributed by atoms with van der Waals surface area (Å²) < 4.78 is 34.2. The molecular formula is C11H12BrNO3. The van der Waals surface area contributed by atoms with E-state index >= 15 is 0 Å². The van der Waals surface area contributed by atoms with Crippen molar-refractivity contribution in [3.05, 3.63) is 22.2 Å². The van der Waals surface area contributed by atoms with Crippen LogP contribution >= 0.6 is 15.9 Å². The number of halogens is 1. The second-order valence-corrected chi connectivity index (χ2v) is 4.00. The Hall–Kier alpha value is -1.23. The summed E-state index contributed by atoms with van der Waals surface area (Å²) in [4.78, 5) is 11.2. The summed E-state index contributed by atoms with van der Waals surface area (Å²) in [5.41, 5.74) is 5.41. The fourth-order valence-corrected chi connectivity index (χ4v) is 1.85. The Morgan fingerprint density at radius 1 is 1.44 bits per heavy atom. The van der Waals surface area contributed by atoms with Gasteiger partial charge in [-0.1, -0.05) is 0 Å².